The summed E-state index contributed by atoms with van der Waals surface area (Å²) in [6, 6.07) is 8.35. The van der Waals surface area contributed by atoms with Crippen molar-refractivity contribution >= 4 is 23.5 Å². The number of fused-ring (bicyclic) bond motifs is 1. The smallest absolute Gasteiger partial charge is 0.373 e. The van der Waals surface area contributed by atoms with E-state index in [1.807, 2.05) is 0 Å². The van der Waals surface area contributed by atoms with Crippen molar-refractivity contribution < 1.29 is 28.2 Å². The average molecular weight is 351 g/mol. The maximum atomic E-state index is 12.2. The maximum Gasteiger partial charge on any atom is 0.373 e. The van der Waals surface area contributed by atoms with Gasteiger partial charge in [0.05, 0.1) is 13.0 Å². The van der Waals surface area contributed by atoms with Gasteiger partial charge in [0, 0.05) is 5.02 Å². The molecule has 0 aliphatic carbocycles. The number of hydrogen-bond donors (Lipinski definition) is 0. The molecule has 0 saturated heterocycles. The Bertz CT molecular complexity index is 766. The number of hydrogen-bond acceptors (Lipinski definition) is 6. The van der Waals surface area contributed by atoms with Gasteiger partial charge in [0.15, 0.2) is 0 Å². The minimum absolute atomic E-state index is 0.0608. The summed E-state index contributed by atoms with van der Waals surface area (Å²) in [5.41, 5.74) is 0.877. The summed E-state index contributed by atoms with van der Waals surface area (Å²) in [5, 5.41) is 0.595. The van der Waals surface area contributed by atoms with Gasteiger partial charge in [-0.3, -0.25) is 4.79 Å². The number of rotatable bonds is 4. The Morgan fingerprint density at radius 3 is 2.92 bits per heavy atom. The highest BCUT2D eigenvalue weighted by atomic mass is 35.5. The SMILES string of the molecule is COC(=O)c1ccc(COC(=O)[C@H]2COc3ccc(Cl)cc3C2)o1. The van der Waals surface area contributed by atoms with Crippen molar-refractivity contribution in [2.24, 2.45) is 5.92 Å². The zero-order chi connectivity index (χ0) is 17.1. The van der Waals surface area contributed by atoms with E-state index in [0.717, 1.165) is 11.3 Å². The molecule has 1 aromatic carbocycles. The van der Waals surface area contributed by atoms with E-state index < -0.39 is 17.9 Å². The van der Waals surface area contributed by atoms with Crippen molar-refractivity contribution in [3.63, 3.8) is 0 Å². The van der Waals surface area contributed by atoms with Gasteiger partial charge in [0.2, 0.25) is 5.76 Å². The lowest BCUT2D eigenvalue weighted by molar-refractivity contribution is -0.151. The third kappa shape index (κ3) is 3.54. The predicted molar refractivity (Wildman–Crippen MR) is 84.0 cm³/mol. The Labute approximate surface area is 143 Å². The minimum atomic E-state index is -0.582. The summed E-state index contributed by atoms with van der Waals surface area (Å²) >= 11 is 5.96. The second-order valence-corrected chi connectivity index (χ2v) is 5.77. The summed E-state index contributed by atoms with van der Waals surface area (Å²) in [6.07, 6.45) is 0.500. The van der Waals surface area contributed by atoms with E-state index in [-0.39, 0.29) is 19.0 Å². The Morgan fingerprint density at radius 2 is 2.12 bits per heavy atom. The van der Waals surface area contributed by atoms with E-state index in [1.54, 1.807) is 24.3 Å². The van der Waals surface area contributed by atoms with Gasteiger partial charge in [-0.2, -0.15) is 0 Å². The number of esters is 2. The molecule has 0 N–H and O–H groups in total. The van der Waals surface area contributed by atoms with Crippen LogP contribution in [-0.4, -0.2) is 25.7 Å². The molecule has 0 amide bonds. The topological polar surface area (TPSA) is 75.0 Å². The first-order valence-electron chi connectivity index (χ1n) is 7.31. The van der Waals surface area contributed by atoms with Crippen LogP contribution >= 0.6 is 11.6 Å². The zero-order valence-electron chi connectivity index (χ0n) is 12.9. The van der Waals surface area contributed by atoms with Crippen LogP contribution in [0.4, 0.5) is 0 Å². The lowest BCUT2D eigenvalue weighted by atomic mass is 9.97. The van der Waals surface area contributed by atoms with Gasteiger partial charge < -0.3 is 18.6 Å². The molecule has 3 rings (SSSR count). The van der Waals surface area contributed by atoms with Gasteiger partial charge in [0.25, 0.3) is 0 Å². The molecule has 2 heterocycles. The van der Waals surface area contributed by atoms with Gasteiger partial charge in [0.1, 0.15) is 24.7 Å². The molecule has 0 radical (unpaired) electrons. The quantitative estimate of drug-likeness (QED) is 0.789. The Balaban J connectivity index is 1.58. The summed E-state index contributed by atoms with van der Waals surface area (Å²) in [7, 11) is 1.26. The summed E-state index contributed by atoms with van der Waals surface area (Å²) in [4.78, 5) is 23.5. The van der Waals surface area contributed by atoms with Crippen LogP contribution in [-0.2, 0) is 27.3 Å². The molecule has 7 heteroatoms. The fraction of sp³-hybridized carbons (Fsp3) is 0.294. The second kappa shape index (κ2) is 6.97. The molecule has 1 aromatic heterocycles. The van der Waals surface area contributed by atoms with Gasteiger partial charge in [-0.25, -0.2) is 4.79 Å². The molecular weight excluding hydrogens is 336 g/mol. The van der Waals surface area contributed by atoms with Crippen LogP contribution in [0.2, 0.25) is 5.02 Å². The molecule has 126 valence electrons. The molecule has 1 aliphatic heterocycles. The number of ether oxygens (including phenoxy) is 3. The number of carbonyl (C=O) groups is 2. The van der Waals surface area contributed by atoms with Crippen LogP contribution < -0.4 is 4.74 Å². The largest absolute Gasteiger partial charge is 0.492 e. The van der Waals surface area contributed by atoms with Crippen LogP contribution in [0.15, 0.2) is 34.7 Å². The molecule has 0 unspecified atom stereocenters. The van der Waals surface area contributed by atoms with E-state index >= 15 is 0 Å². The molecular formula is C17H15ClO6. The third-order valence-electron chi connectivity index (χ3n) is 3.67. The standard InChI is InChI=1S/C17H15ClO6/c1-21-17(20)15-5-3-13(24-15)9-23-16(19)11-6-10-7-12(18)2-4-14(10)22-8-11/h2-5,7,11H,6,8-9H2,1H3/t11-/m1/s1. The first-order chi connectivity index (χ1) is 11.6. The number of methoxy groups -OCH3 is 1. The monoisotopic (exact) mass is 350 g/mol. The molecule has 0 saturated carbocycles. The number of carbonyl (C=O) groups excluding carboxylic acids is 2. The Hall–Kier alpha value is -2.47. The highest BCUT2D eigenvalue weighted by molar-refractivity contribution is 6.30. The fourth-order valence-corrected chi connectivity index (χ4v) is 2.64. The van der Waals surface area contributed by atoms with E-state index in [4.69, 9.17) is 25.5 Å². The van der Waals surface area contributed by atoms with Gasteiger partial charge >= 0.3 is 11.9 Å². The van der Waals surface area contributed by atoms with Crippen LogP contribution in [0.5, 0.6) is 5.75 Å². The van der Waals surface area contributed by atoms with Crippen molar-refractivity contribution in [2.45, 2.75) is 13.0 Å². The zero-order valence-corrected chi connectivity index (χ0v) is 13.7. The van der Waals surface area contributed by atoms with E-state index in [9.17, 15) is 9.59 Å². The van der Waals surface area contributed by atoms with Crippen molar-refractivity contribution in [3.8, 4) is 5.75 Å². The predicted octanol–water partition coefficient (Wildman–Crippen LogP) is 3.01. The van der Waals surface area contributed by atoms with Crippen LogP contribution in [0.3, 0.4) is 0 Å². The first kappa shape index (κ1) is 16.4. The molecule has 0 bridgehead atoms. The first-order valence-corrected chi connectivity index (χ1v) is 7.69. The summed E-state index contributed by atoms with van der Waals surface area (Å²) in [6.45, 7) is 0.188. The van der Waals surface area contributed by atoms with Crippen molar-refractivity contribution in [1.29, 1.82) is 0 Å². The van der Waals surface area contributed by atoms with Crippen molar-refractivity contribution in [3.05, 3.63) is 52.4 Å². The number of benzene rings is 1. The third-order valence-corrected chi connectivity index (χ3v) is 3.90. The average Bonchev–Trinajstić information content (AvgIpc) is 3.07. The normalized spacial score (nSPS) is 16.0. The Kier molecular flexibility index (Phi) is 4.76. The summed E-state index contributed by atoms with van der Waals surface area (Å²) < 4.78 is 20.6. The van der Waals surface area contributed by atoms with Gasteiger partial charge in [-0.1, -0.05) is 11.6 Å². The van der Waals surface area contributed by atoms with Gasteiger partial charge in [-0.15, -0.1) is 0 Å². The van der Waals surface area contributed by atoms with E-state index in [2.05, 4.69) is 4.74 Å². The fourth-order valence-electron chi connectivity index (χ4n) is 2.44. The number of halogens is 1. The molecule has 1 aliphatic rings. The highest BCUT2D eigenvalue weighted by Crippen LogP contribution is 2.30. The maximum absolute atomic E-state index is 12.2. The lowest BCUT2D eigenvalue weighted by Gasteiger charge is -2.24. The highest BCUT2D eigenvalue weighted by Gasteiger charge is 2.27. The molecule has 2 aromatic rings. The van der Waals surface area contributed by atoms with E-state index in [1.165, 1.54) is 13.2 Å². The minimum Gasteiger partial charge on any atom is -0.492 e. The summed E-state index contributed by atoms with van der Waals surface area (Å²) in [5.74, 6) is -0.223. The van der Waals surface area contributed by atoms with Crippen LogP contribution in [0.25, 0.3) is 0 Å². The molecule has 0 spiro atoms. The molecule has 1 atom stereocenters. The lowest BCUT2D eigenvalue weighted by Crippen LogP contribution is -2.29. The van der Waals surface area contributed by atoms with Gasteiger partial charge in [-0.05, 0) is 42.3 Å². The van der Waals surface area contributed by atoms with Crippen molar-refractivity contribution in [1.82, 2.24) is 0 Å². The Morgan fingerprint density at radius 1 is 1.29 bits per heavy atom. The van der Waals surface area contributed by atoms with E-state index in [0.29, 0.717) is 17.2 Å². The van der Waals surface area contributed by atoms with Crippen molar-refractivity contribution in [2.75, 3.05) is 13.7 Å². The number of furan rings is 1. The molecule has 0 fully saturated rings. The molecule has 6 nitrogen and oxygen atoms in total. The van der Waals surface area contributed by atoms with Crippen LogP contribution in [0, 0.1) is 5.92 Å². The second-order valence-electron chi connectivity index (χ2n) is 5.33. The van der Waals surface area contributed by atoms with Crippen LogP contribution in [0.1, 0.15) is 21.9 Å². The molecule has 24 heavy (non-hydrogen) atoms.